The maximum Gasteiger partial charge on any atom is 0.230 e. The van der Waals surface area contributed by atoms with Crippen molar-refractivity contribution in [2.75, 3.05) is 6.54 Å². The van der Waals surface area contributed by atoms with E-state index in [-0.39, 0.29) is 29.8 Å². The van der Waals surface area contributed by atoms with Crippen LogP contribution in [0.4, 0.5) is 0 Å². The minimum absolute atomic E-state index is 0.0247. The molecule has 150 valence electrons. The van der Waals surface area contributed by atoms with E-state index in [1.54, 1.807) is 0 Å². The molecular formula is C22H29N3O3. The molecular weight excluding hydrogens is 354 g/mol. The third-order valence-corrected chi connectivity index (χ3v) is 5.89. The van der Waals surface area contributed by atoms with Gasteiger partial charge in [0.1, 0.15) is 5.75 Å². The number of benzene rings is 1. The first-order valence-electron chi connectivity index (χ1n) is 10.2. The van der Waals surface area contributed by atoms with E-state index in [1.165, 1.54) is 0 Å². The first-order valence-corrected chi connectivity index (χ1v) is 10.2. The molecule has 2 saturated carbocycles. The lowest BCUT2D eigenvalue weighted by atomic mass is 9.78. The summed E-state index contributed by atoms with van der Waals surface area (Å²) in [5.41, 5.74) is 0.0647. The van der Waals surface area contributed by atoms with Gasteiger partial charge in [0.2, 0.25) is 17.6 Å². The van der Waals surface area contributed by atoms with E-state index in [1.807, 2.05) is 30.3 Å². The maximum absolute atomic E-state index is 13.0. The van der Waals surface area contributed by atoms with Crippen LogP contribution in [0, 0.1) is 23.2 Å². The summed E-state index contributed by atoms with van der Waals surface area (Å²) in [5.74, 6) is 2.86. The zero-order valence-corrected chi connectivity index (χ0v) is 16.9. The molecule has 1 aromatic heterocycles. The highest BCUT2D eigenvalue weighted by molar-refractivity contribution is 5.80. The van der Waals surface area contributed by atoms with E-state index in [0.717, 1.165) is 25.0 Å². The second-order valence-corrected chi connectivity index (χ2v) is 9.31. The molecule has 0 unspecified atom stereocenters. The minimum Gasteiger partial charge on any atom is -0.485 e. The number of hydrogen-bond acceptors (Lipinski definition) is 5. The summed E-state index contributed by atoms with van der Waals surface area (Å²) in [7, 11) is 0. The number of carbonyl (C=O) groups is 1. The number of para-hydroxylation sites is 1. The van der Waals surface area contributed by atoms with Gasteiger partial charge in [-0.25, -0.2) is 0 Å². The van der Waals surface area contributed by atoms with Gasteiger partial charge >= 0.3 is 0 Å². The van der Waals surface area contributed by atoms with E-state index >= 15 is 0 Å². The van der Waals surface area contributed by atoms with Gasteiger partial charge in [0, 0.05) is 6.54 Å². The lowest BCUT2D eigenvalue weighted by Crippen LogP contribution is -2.41. The van der Waals surface area contributed by atoms with Crippen molar-refractivity contribution in [1.82, 2.24) is 15.5 Å². The van der Waals surface area contributed by atoms with Gasteiger partial charge in [-0.15, -0.1) is 0 Å². The van der Waals surface area contributed by atoms with Crippen LogP contribution in [0.5, 0.6) is 5.75 Å². The van der Waals surface area contributed by atoms with Crippen LogP contribution in [0.1, 0.15) is 57.7 Å². The van der Waals surface area contributed by atoms with Gasteiger partial charge in [0.15, 0.2) is 6.61 Å². The topological polar surface area (TPSA) is 77.2 Å². The fourth-order valence-electron chi connectivity index (χ4n) is 4.62. The number of carbonyl (C=O) groups excluding carboxylic acids is 1. The third-order valence-electron chi connectivity index (χ3n) is 5.89. The number of nitrogens with one attached hydrogen (secondary N) is 1. The third kappa shape index (κ3) is 4.05. The summed E-state index contributed by atoms with van der Waals surface area (Å²) < 4.78 is 11.3. The molecule has 6 nitrogen and oxygen atoms in total. The van der Waals surface area contributed by atoms with Crippen molar-refractivity contribution in [3.8, 4) is 5.75 Å². The lowest BCUT2D eigenvalue weighted by molar-refractivity contribution is -0.127. The molecule has 1 amide bonds. The fraction of sp³-hybridized carbons (Fsp3) is 0.591. The molecule has 0 radical (unpaired) electrons. The summed E-state index contributed by atoms with van der Waals surface area (Å²) in [6, 6.07) is 9.58. The van der Waals surface area contributed by atoms with E-state index in [9.17, 15) is 4.79 Å². The summed E-state index contributed by atoms with van der Waals surface area (Å²) in [6.45, 7) is 7.31. The predicted molar refractivity (Wildman–Crippen MR) is 105 cm³/mol. The smallest absolute Gasteiger partial charge is 0.230 e. The minimum atomic E-state index is -0.0653. The Kier molecular flexibility index (Phi) is 5.13. The Balaban J connectivity index is 1.44. The first-order chi connectivity index (χ1) is 13.4. The molecule has 4 atom stereocenters. The van der Waals surface area contributed by atoms with Gasteiger partial charge < -0.3 is 14.6 Å². The average molecular weight is 383 g/mol. The van der Waals surface area contributed by atoms with Crippen LogP contribution >= 0.6 is 0 Å². The summed E-state index contributed by atoms with van der Waals surface area (Å²) in [6.07, 6.45) is 3.33. The number of amides is 1. The van der Waals surface area contributed by atoms with Crippen molar-refractivity contribution in [3.63, 3.8) is 0 Å². The SMILES string of the molecule is CC(C)(C)CNC(=O)[C@H]1[C@H]2CC[C@H](C2)[C@@H]1c1nc(COc2ccccc2)no1. The number of fused-ring (bicyclic) bond motifs is 2. The molecule has 4 rings (SSSR count). The number of ether oxygens (including phenoxy) is 1. The van der Waals surface area contributed by atoms with Crippen LogP contribution in [-0.2, 0) is 11.4 Å². The molecule has 2 bridgehead atoms. The standard InChI is InChI=1S/C22H29N3O3/c1-22(2,3)13-23-20(26)18-14-9-10-15(11-14)19(18)21-24-17(25-28-21)12-27-16-7-5-4-6-8-16/h4-8,14-15,18-19H,9-13H2,1-3H3,(H,23,26)/t14-,15+,18-,19-/m0/s1. The largest absolute Gasteiger partial charge is 0.485 e. The van der Waals surface area contributed by atoms with Crippen LogP contribution in [0.3, 0.4) is 0 Å². The van der Waals surface area contributed by atoms with Crippen LogP contribution in [0.15, 0.2) is 34.9 Å². The molecule has 2 aromatic rings. The molecule has 0 aliphatic heterocycles. The number of nitrogens with zero attached hydrogens (tertiary/aromatic N) is 2. The normalized spacial score (nSPS) is 26.4. The highest BCUT2D eigenvalue weighted by Gasteiger charge is 2.53. The predicted octanol–water partition coefficient (Wildman–Crippen LogP) is 3.94. The Bertz CT molecular complexity index is 812. The monoisotopic (exact) mass is 383 g/mol. The average Bonchev–Trinajstić information content (AvgIpc) is 3.40. The van der Waals surface area contributed by atoms with Crippen molar-refractivity contribution in [3.05, 3.63) is 42.0 Å². The highest BCUT2D eigenvalue weighted by atomic mass is 16.5. The molecule has 1 heterocycles. The zero-order valence-electron chi connectivity index (χ0n) is 16.9. The van der Waals surface area contributed by atoms with Crippen LogP contribution in [0.2, 0.25) is 0 Å². The van der Waals surface area contributed by atoms with E-state index in [2.05, 4.69) is 36.2 Å². The van der Waals surface area contributed by atoms with Gasteiger partial charge in [-0.3, -0.25) is 4.79 Å². The van der Waals surface area contributed by atoms with E-state index in [0.29, 0.717) is 30.1 Å². The summed E-state index contributed by atoms with van der Waals surface area (Å²) in [4.78, 5) is 17.5. The highest BCUT2D eigenvalue weighted by Crippen LogP contribution is 2.56. The molecule has 28 heavy (non-hydrogen) atoms. The van der Waals surface area contributed by atoms with Gasteiger partial charge in [-0.1, -0.05) is 44.1 Å². The Labute approximate surface area is 166 Å². The molecule has 0 saturated heterocycles. The lowest BCUT2D eigenvalue weighted by Gasteiger charge is -2.29. The second-order valence-electron chi connectivity index (χ2n) is 9.31. The zero-order chi connectivity index (χ0) is 19.7. The number of aromatic nitrogens is 2. The van der Waals surface area contributed by atoms with Gasteiger partial charge in [-0.05, 0) is 48.6 Å². The molecule has 1 aromatic carbocycles. The van der Waals surface area contributed by atoms with Crippen LogP contribution in [0.25, 0.3) is 0 Å². The van der Waals surface area contributed by atoms with Crippen molar-refractivity contribution in [2.24, 2.45) is 23.2 Å². The quantitative estimate of drug-likeness (QED) is 0.817. The Morgan fingerprint density at radius 3 is 2.71 bits per heavy atom. The number of hydrogen-bond donors (Lipinski definition) is 1. The fourth-order valence-corrected chi connectivity index (χ4v) is 4.62. The van der Waals surface area contributed by atoms with Crippen molar-refractivity contribution in [2.45, 2.75) is 52.6 Å². The van der Waals surface area contributed by atoms with Crippen molar-refractivity contribution < 1.29 is 14.1 Å². The maximum atomic E-state index is 13.0. The van der Waals surface area contributed by atoms with Gasteiger partial charge in [-0.2, -0.15) is 4.98 Å². The van der Waals surface area contributed by atoms with Crippen molar-refractivity contribution >= 4 is 5.91 Å². The summed E-state index contributed by atoms with van der Waals surface area (Å²) >= 11 is 0. The van der Waals surface area contributed by atoms with Gasteiger partial charge in [0.25, 0.3) is 0 Å². The Hall–Kier alpha value is -2.37. The second kappa shape index (κ2) is 7.57. The molecule has 0 spiro atoms. The van der Waals surface area contributed by atoms with E-state index < -0.39 is 0 Å². The molecule has 2 fully saturated rings. The van der Waals surface area contributed by atoms with Crippen molar-refractivity contribution in [1.29, 1.82) is 0 Å². The molecule has 2 aliphatic carbocycles. The molecule has 1 N–H and O–H groups in total. The van der Waals surface area contributed by atoms with E-state index in [4.69, 9.17) is 9.26 Å². The van der Waals surface area contributed by atoms with Crippen LogP contribution < -0.4 is 10.1 Å². The Morgan fingerprint density at radius 2 is 1.96 bits per heavy atom. The number of rotatable bonds is 6. The van der Waals surface area contributed by atoms with Gasteiger partial charge in [0.05, 0.1) is 11.8 Å². The Morgan fingerprint density at radius 1 is 1.21 bits per heavy atom. The summed E-state index contributed by atoms with van der Waals surface area (Å²) in [5, 5.41) is 7.24. The first kappa shape index (κ1) is 19.0. The molecule has 6 heteroatoms. The van der Waals surface area contributed by atoms with Crippen LogP contribution in [-0.4, -0.2) is 22.6 Å². The molecule has 2 aliphatic rings.